The Labute approximate surface area is 142 Å². The number of hydrogen-bond donors (Lipinski definition) is 1. The molecule has 1 aliphatic rings. The van der Waals surface area contributed by atoms with Crippen LogP contribution in [0.25, 0.3) is 16.8 Å². The van der Waals surface area contributed by atoms with Crippen molar-refractivity contribution < 1.29 is 5.11 Å². The molecule has 4 rings (SSSR count). The molecule has 0 spiro atoms. The van der Waals surface area contributed by atoms with Gasteiger partial charge in [0.05, 0.1) is 4.53 Å². The molecule has 0 atom stereocenters. The summed E-state index contributed by atoms with van der Waals surface area (Å²) in [4.78, 5) is 17.6. The van der Waals surface area contributed by atoms with Crippen molar-refractivity contribution in [3.8, 4) is 5.75 Å². The third-order valence-electron chi connectivity index (χ3n) is 3.90. The van der Waals surface area contributed by atoms with E-state index in [2.05, 4.69) is 4.99 Å². The number of rotatable bonds is 1. The lowest BCUT2D eigenvalue weighted by Gasteiger charge is -2.04. The third-order valence-corrected chi connectivity index (χ3v) is 4.94. The first-order valence-electron chi connectivity index (χ1n) is 7.20. The van der Waals surface area contributed by atoms with Gasteiger partial charge >= 0.3 is 0 Å². The molecule has 3 aromatic rings. The lowest BCUT2D eigenvalue weighted by Crippen LogP contribution is -2.33. The van der Waals surface area contributed by atoms with Crippen molar-refractivity contribution in [1.29, 1.82) is 0 Å². The quantitative estimate of drug-likeness (QED) is 0.733. The van der Waals surface area contributed by atoms with Crippen molar-refractivity contribution in [3.05, 3.63) is 61.6 Å². The molecule has 1 aromatic heterocycles. The number of phenolic OH excluding ortho intramolecular Hbond substituents is 1. The zero-order valence-corrected chi connectivity index (χ0v) is 13.9. The van der Waals surface area contributed by atoms with Crippen LogP contribution in [-0.4, -0.2) is 16.2 Å². The molecule has 0 amide bonds. The zero-order valence-electron chi connectivity index (χ0n) is 12.2. The fourth-order valence-corrected chi connectivity index (χ4v) is 3.80. The van der Waals surface area contributed by atoms with Gasteiger partial charge in [-0.1, -0.05) is 41.7 Å². The van der Waals surface area contributed by atoms with E-state index in [1.807, 2.05) is 30.3 Å². The van der Waals surface area contributed by atoms with Gasteiger partial charge in [0, 0.05) is 18.7 Å². The van der Waals surface area contributed by atoms with E-state index >= 15 is 0 Å². The minimum absolute atomic E-state index is 0. The molecule has 0 fully saturated rings. The van der Waals surface area contributed by atoms with Crippen molar-refractivity contribution in [2.24, 2.45) is 4.99 Å². The average Bonchev–Trinajstić information content (AvgIpc) is 2.87. The van der Waals surface area contributed by atoms with E-state index in [1.165, 1.54) is 11.3 Å². The molecule has 2 heterocycles. The number of hydrogen-bond acceptors (Lipinski definition) is 4. The van der Waals surface area contributed by atoms with E-state index in [9.17, 15) is 9.90 Å². The fraction of sp³-hybridized carbons (Fsp3) is 0.176. The Hall–Kier alpha value is -2.11. The summed E-state index contributed by atoms with van der Waals surface area (Å²) in [6.07, 6.45) is 2.69. The summed E-state index contributed by atoms with van der Waals surface area (Å²) in [7, 11) is 0. The molecule has 118 valence electrons. The van der Waals surface area contributed by atoms with Gasteiger partial charge in [-0.2, -0.15) is 0 Å². The first kappa shape index (κ1) is 15.8. The van der Waals surface area contributed by atoms with Crippen LogP contribution in [0.5, 0.6) is 5.75 Å². The predicted molar refractivity (Wildman–Crippen MR) is 95.3 cm³/mol. The summed E-state index contributed by atoms with van der Waals surface area (Å²) < 4.78 is 2.34. The summed E-state index contributed by atoms with van der Waals surface area (Å²) >= 11 is 1.39. The van der Waals surface area contributed by atoms with Gasteiger partial charge in [-0.3, -0.25) is 14.4 Å². The second-order valence-corrected chi connectivity index (χ2v) is 6.31. The second kappa shape index (κ2) is 6.18. The van der Waals surface area contributed by atoms with Gasteiger partial charge in [0.25, 0.3) is 5.56 Å². The average molecular weight is 347 g/mol. The van der Waals surface area contributed by atoms with Crippen LogP contribution in [0.4, 0.5) is 0 Å². The number of aromatic hydroxyl groups is 1. The van der Waals surface area contributed by atoms with Crippen molar-refractivity contribution >= 4 is 40.6 Å². The largest absolute Gasteiger partial charge is 0.507 e. The van der Waals surface area contributed by atoms with Gasteiger partial charge in [0.15, 0.2) is 4.80 Å². The molecule has 0 unspecified atom stereocenters. The predicted octanol–water partition coefficient (Wildman–Crippen LogP) is 2.04. The molecule has 4 nitrogen and oxygen atoms in total. The van der Waals surface area contributed by atoms with E-state index in [0.29, 0.717) is 10.1 Å². The summed E-state index contributed by atoms with van der Waals surface area (Å²) in [5.74, 6) is 0.186. The summed E-state index contributed by atoms with van der Waals surface area (Å²) in [6.45, 7) is 1.50. The molecule has 1 N–H and O–H groups in total. The van der Waals surface area contributed by atoms with Gasteiger partial charge in [-0.05, 0) is 29.3 Å². The number of halogens is 1. The maximum Gasteiger partial charge on any atom is 0.270 e. The highest BCUT2D eigenvalue weighted by Crippen LogP contribution is 2.27. The van der Waals surface area contributed by atoms with Gasteiger partial charge in [0.2, 0.25) is 0 Å². The number of thiazole rings is 1. The first-order chi connectivity index (χ1) is 10.7. The Morgan fingerprint density at radius 3 is 2.87 bits per heavy atom. The number of aromatic nitrogens is 1. The molecular weight excluding hydrogens is 332 g/mol. The van der Waals surface area contributed by atoms with Crippen LogP contribution in [0.1, 0.15) is 12.0 Å². The van der Waals surface area contributed by atoms with Gasteiger partial charge in [0.1, 0.15) is 5.75 Å². The van der Waals surface area contributed by atoms with Crippen LogP contribution < -0.4 is 14.9 Å². The molecule has 6 heteroatoms. The highest BCUT2D eigenvalue weighted by atomic mass is 35.5. The van der Waals surface area contributed by atoms with Gasteiger partial charge in [-0.15, -0.1) is 12.4 Å². The number of fused-ring (bicyclic) bond motifs is 2. The molecule has 0 saturated heterocycles. The number of benzene rings is 2. The number of nitrogens with zero attached hydrogens (tertiary/aromatic N) is 2. The van der Waals surface area contributed by atoms with E-state index in [-0.39, 0.29) is 23.7 Å². The van der Waals surface area contributed by atoms with E-state index < -0.39 is 0 Å². The maximum absolute atomic E-state index is 12.5. The topological polar surface area (TPSA) is 54.6 Å². The van der Waals surface area contributed by atoms with Crippen LogP contribution in [0.2, 0.25) is 0 Å². The van der Waals surface area contributed by atoms with Gasteiger partial charge in [-0.25, -0.2) is 0 Å². The first-order valence-corrected chi connectivity index (χ1v) is 8.02. The Balaban J connectivity index is 0.00000156. The molecule has 2 aromatic carbocycles. The molecular formula is C17H15ClN2O2S. The summed E-state index contributed by atoms with van der Waals surface area (Å²) in [6, 6.07) is 11.4. The van der Waals surface area contributed by atoms with Crippen LogP contribution in [-0.2, 0) is 6.54 Å². The van der Waals surface area contributed by atoms with E-state index in [1.54, 1.807) is 16.7 Å². The van der Waals surface area contributed by atoms with E-state index in [4.69, 9.17) is 0 Å². The Morgan fingerprint density at radius 2 is 2.04 bits per heavy atom. The minimum atomic E-state index is -0.0178. The molecule has 0 bridgehead atoms. The van der Waals surface area contributed by atoms with Crippen molar-refractivity contribution in [1.82, 2.24) is 4.57 Å². The van der Waals surface area contributed by atoms with Gasteiger partial charge < -0.3 is 5.11 Å². The Morgan fingerprint density at radius 1 is 1.22 bits per heavy atom. The normalized spacial score (nSPS) is 14.2. The fourth-order valence-electron chi connectivity index (χ4n) is 2.79. The lowest BCUT2D eigenvalue weighted by atomic mass is 10.0. The zero-order chi connectivity index (χ0) is 15.1. The smallest absolute Gasteiger partial charge is 0.270 e. The lowest BCUT2D eigenvalue weighted by molar-refractivity contribution is 0.475. The third kappa shape index (κ3) is 2.66. The summed E-state index contributed by atoms with van der Waals surface area (Å²) in [5.41, 5.74) is 0.671. The molecule has 0 saturated carbocycles. The monoisotopic (exact) mass is 346 g/mol. The number of phenols is 1. The van der Waals surface area contributed by atoms with Crippen molar-refractivity contribution in [2.45, 2.75) is 13.0 Å². The highest BCUT2D eigenvalue weighted by Gasteiger charge is 2.10. The molecule has 1 aliphatic heterocycles. The second-order valence-electron chi connectivity index (χ2n) is 5.30. The standard InChI is InChI=1S/C17H14N2O2S.ClH/c20-14-7-6-11-4-1-2-5-12(11)13(14)10-15-16(21)19-9-3-8-18-17(19)22-15;/h1-2,4-7,10,20H,3,8-9H2;1H/b15-10-;. The Kier molecular flexibility index (Phi) is 4.24. The van der Waals surface area contributed by atoms with E-state index in [0.717, 1.165) is 35.1 Å². The summed E-state index contributed by atoms with van der Waals surface area (Å²) in [5, 5.41) is 12.2. The van der Waals surface area contributed by atoms with Crippen LogP contribution in [0.3, 0.4) is 0 Å². The van der Waals surface area contributed by atoms with Crippen LogP contribution >= 0.6 is 23.7 Å². The van der Waals surface area contributed by atoms with Crippen LogP contribution in [0, 0.1) is 0 Å². The SMILES string of the molecule is Cl.O=c1/c(=C/c2c(O)ccc3ccccc23)sc2n1CCCN=2. The highest BCUT2D eigenvalue weighted by molar-refractivity contribution is 7.07. The van der Waals surface area contributed by atoms with Crippen molar-refractivity contribution in [2.75, 3.05) is 6.54 Å². The molecule has 0 aliphatic carbocycles. The Bertz CT molecular complexity index is 1050. The minimum Gasteiger partial charge on any atom is -0.507 e. The van der Waals surface area contributed by atoms with Crippen molar-refractivity contribution in [3.63, 3.8) is 0 Å². The molecule has 23 heavy (non-hydrogen) atoms. The molecule has 0 radical (unpaired) electrons. The van der Waals surface area contributed by atoms with Crippen LogP contribution in [0.15, 0.2) is 46.2 Å². The maximum atomic E-state index is 12.5.